The molecule has 20 heavy (non-hydrogen) atoms. The third-order valence-electron chi connectivity index (χ3n) is 2.24. The molecule has 0 radical (unpaired) electrons. The SMILES string of the molecule is NC(=O)COCCNc1ccc(S(=O)(=O)C(F)F)cc1. The van der Waals surface area contributed by atoms with Crippen LogP contribution in [0.4, 0.5) is 14.5 Å². The largest absolute Gasteiger partial charge is 0.383 e. The molecule has 1 aromatic rings. The van der Waals surface area contributed by atoms with E-state index >= 15 is 0 Å². The number of nitrogens with two attached hydrogens (primary N) is 1. The van der Waals surface area contributed by atoms with E-state index in [4.69, 9.17) is 10.5 Å². The van der Waals surface area contributed by atoms with E-state index in [1.54, 1.807) is 0 Å². The number of carbonyl (C=O) groups is 1. The van der Waals surface area contributed by atoms with Gasteiger partial charge in [-0.15, -0.1) is 0 Å². The zero-order valence-electron chi connectivity index (χ0n) is 10.4. The molecule has 0 bridgehead atoms. The van der Waals surface area contributed by atoms with Gasteiger partial charge in [-0.05, 0) is 24.3 Å². The Bertz CT molecular complexity index is 546. The number of carbonyl (C=O) groups excluding carboxylic acids is 1. The van der Waals surface area contributed by atoms with Gasteiger partial charge in [-0.3, -0.25) is 4.79 Å². The fourth-order valence-corrected chi connectivity index (χ4v) is 2.03. The summed E-state index contributed by atoms with van der Waals surface area (Å²) in [7, 11) is -4.57. The van der Waals surface area contributed by atoms with Crippen molar-refractivity contribution in [3.8, 4) is 0 Å². The van der Waals surface area contributed by atoms with Crippen LogP contribution in [0.15, 0.2) is 29.2 Å². The first kappa shape index (κ1) is 16.3. The molecule has 0 saturated heterocycles. The number of primary amides is 1. The van der Waals surface area contributed by atoms with Gasteiger partial charge in [0.1, 0.15) is 6.61 Å². The lowest BCUT2D eigenvalue weighted by Gasteiger charge is -2.08. The fraction of sp³-hybridized carbons (Fsp3) is 0.364. The molecule has 112 valence electrons. The second kappa shape index (κ2) is 7.15. The summed E-state index contributed by atoms with van der Waals surface area (Å²) in [5.41, 5.74) is 5.41. The van der Waals surface area contributed by atoms with Crippen molar-refractivity contribution >= 4 is 21.4 Å². The molecule has 0 unspecified atom stereocenters. The number of alkyl halides is 2. The van der Waals surface area contributed by atoms with Crippen LogP contribution in [0.3, 0.4) is 0 Å². The smallest absolute Gasteiger partial charge is 0.341 e. The van der Waals surface area contributed by atoms with Crippen LogP contribution < -0.4 is 11.1 Å². The van der Waals surface area contributed by atoms with Gasteiger partial charge in [-0.2, -0.15) is 8.78 Å². The third kappa shape index (κ3) is 4.74. The average Bonchev–Trinajstić information content (AvgIpc) is 2.38. The van der Waals surface area contributed by atoms with Crippen molar-refractivity contribution in [1.82, 2.24) is 0 Å². The summed E-state index contributed by atoms with van der Waals surface area (Å²) in [4.78, 5) is 9.94. The molecule has 0 fully saturated rings. The number of halogens is 2. The van der Waals surface area contributed by atoms with Crippen LogP contribution in [0.25, 0.3) is 0 Å². The maximum atomic E-state index is 12.3. The quantitative estimate of drug-likeness (QED) is 0.685. The van der Waals surface area contributed by atoms with Gasteiger partial charge in [-0.1, -0.05) is 0 Å². The Morgan fingerprint density at radius 1 is 1.30 bits per heavy atom. The Hall–Kier alpha value is -1.74. The number of sulfone groups is 1. The summed E-state index contributed by atoms with van der Waals surface area (Å²) >= 11 is 0. The lowest BCUT2D eigenvalue weighted by molar-refractivity contribution is -0.122. The Kier molecular flexibility index (Phi) is 5.83. The van der Waals surface area contributed by atoms with Gasteiger partial charge in [0.25, 0.3) is 0 Å². The highest BCUT2D eigenvalue weighted by molar-refractivity contribution is 7.91. The van der Waals surface area contributed by atoms with Crippen LogP contribution in [-0.2, 0) is 19.4 Å². The van der Waals surface area contributed by atoms with E-state index in [1.165, 1.54) is 12.1 Å². The molecule has 0 aliphatic rings. The van der Waals surface area contributed by atoms with E-state index in [0.29, 0.717) is 12.2 Å². The van der Waals surface area contributed by atoms with Gasteiger partial charge in [0.2, 0.25) is 15.7 Å². The topological polar surface area (TPSA) is 98.5 Å². The normalized spacial score (nSPS) is 11.6. The second-order valence-corrected chi connectivity index (χ2v) is 5.69. The molecule has 0 heterocycles. The van der Waals surface area contributed by atoms with Crippen molar-refractivity contribution < 1.29 is 26.7 Å². The van der Waals surface area contributed by atoms with Crippen LogP contribution in [0.2, 0.25) is 0 Å². The third-order valence-corrected chi connectivity index (χ3v) is 3.64. The maximum absolute atomic E-state index is 12.3. The molecule has 1 aromatic carbocycles. The Labute approximate surface area is 114 Å². The number of hydrogen-bond acceptors (Lipinski definition) is 5. The van der Waals surface area contributed by atoms with Crippen molar-refractivity contribution in [2.24, 2.45) is 5.73 Å². The van der Waals surface area contributed by atoms with Gasteiger partial charge in [0.15, 0.2) is 0 Å². The highest BCUT2D eigenvalue weighted by Gasteiger charge is 2.26. The maximum Gasteiger partial charge on any atom is 0.341 e. The Balaban J connectivity index is 2.49. The number of amides is 1. The molecule has 0 spiro atoms. The summed E-state index contributed by atoms with van der Waals surface area (Å²) in [6.07, 6.45) is 0. The Morgan fingerprint density at radius 2 is 1.90 bits per heavy atom. The molecular weight excluding hydrogens is 294 g/mol. The van der Waals surface area contributed by atoms with Crippen molar-refractivity contribution in [2.45, 2.75) is 10.7 Å². The molecular formula is C11H14F2N2O4S. The highest BCUT2D eigenvalue weighted by Crippen LogP contribution is 2.20. The summed E-state index contributed by atoms with van der Waals surface area (Å²) in [6.45, 7) is 0.390. The van der Waals surface area contributed by atoms with E-state index in [2.05, 4.69) is 5.32 Å². The molecule has 0 atom stereocenters. The van der Waals surface area contributed by atoms with Crippen LogP contribution in [0.5, 0.6) is 0 Å². The van der Waals surface area contributed by atoms with E-state index in [1.807, 2.05) is 0 Å². The number of anilines is 1. The van der Waals surface area contributed by atoms with Crippen LogP contribution in [-0.4, -0.2) is 39.8 Å². The molecule has 1 amide bonds. The Morgan fingerprint density at radius 3 is 2.40 bits per heavy atom. The van der Waals surface area contributed by atoms with E-state index in [9.17, 15) is 22.0 Å². The molecule has 0 aliphatic heterocycles. The van der Waals surface area contributed by atoms with Crippen molar-refractivity contribution in [3.05, 3.63) is 24.3 Å². The highest BCUT2D eigenvalue weighted by atomic mass is 32.2. The first-order chi connectivity index (χ1) is 9.34. The molecule has 0 aromatic heterocycles. The first-order valence-electron chi connectivity index (χ1n) is 5.56. The molecule has 1 rings (SSSR count). The van der Waals surface area contributed by atoms with E-state index in [0.717, 1.165) is 12.1 Å². The van der Waals surface area contributed by atoms with Crippen molar-refractivity contribution in [3.63, 3.8) is 0 Å². The van der Waals surface area contributed by atoms with Gasteiger partial charge >= 0.3 is 5.76 Å². The van der Waals surface area contributed by atoms with Crippen LogP contribution in [0.1, 0.15) is 0 Å². The van der Waals surface area contributed by atoms with Crippen LogP contribution in [0, 0.1) is 0 Å². The zero-order valence-corrected chi connectivity index (χ0v) is 11.2. The second-order valence-electron chi connectivity index (χ2n) is 3.78. The lowest BCUT2D eigenvalue weighted by Crippen LogP contribution is -2.20. The van der Waals surface area contributed by atoms with Gasteiger partial charge in [-0.25, -0.2) is 8.42 Å². The minimum atomic E-state index is -4.57. The minimum Gasteiger partial charge on any atom is -0.383 e. The van der Waals surface area contributed by atoms with Gasteiger partial charge in [0.05, 0.1) is 11.5 Å². The fourth-order valence-electron chi connectivity index (χ4n) is 1.31. The predicted molar refractivity (Wildman–Crippen MR) is 68.1 cm³/mol. The van der Waals surface area contributed by atoms with Crippen molar-refractivity contribution in [2.75, 3.05) is 25.1 Å². The molecule has 0 saturated carbocycles. The number of benzene rings is 1. The summed E-state index contributed by atoms with van der Waals surface area (Å²) in [5.74, 6) is -4.02. The monoisotopic (exact) mass is 308 g/mol. The zero-order chi connectivity index (χ0) is 15.2. The molecule has 3 N–H and O–H groups in total. The molecule has 6 nitrogen and oxygen atoms in total. The van der Waals surface area contributed by atoms with Gasteiger partial charge in [0, 0.05) is 12.2 Å². The van der Waals surface area contributed by atoms with Crippen molar-refractivity contribution in [1.29, 1.82) is 0 Å². The average molecular weight is 308 g/mol. The van der Waals surface area contributed by atoms with Gasteiger partial charge < -0.3 is 15.8 Å². The van der Waals surface area contributed by atoms with E-state index in [-0.39, 0.29) is 13.2 Å². The summed E-state index contributed by atoms with van der Waals surface area (Å²) < 4.78 is 51.8. The summed E-state index contributed by atoms with van der Waals surface area (Å²) in [6, 6.07) is 4.91. The lowest BCUT2D eigenvalue weighted by atomic mass is 10.3. The first-order valence-corrected chi connectivity index (χ1v) is 7.10. The minimum absolute atomic E-state index is 0.187. The number of hydrogen-bond donors (Lipinski definition) is 2. The summed E-state index contributed by atoms with van der Waals surface area (Å²) in [5, 5.41) is 2.87. The molecule has 9 heteroatoms. The number of nitrogens with one attached hydrogen (secondary N) is 1. The van der Waals surface area contributed by atoms with Crippen LogP contribution >= 0.6 is 0 Å². The number of ether oxygens (including phenoxy) is 1. The standard InChI is InChI=1S/C11H14F2N2O4S/c12-11(13)20(17,18)9-3-1-8(2-4-9)15-5-6-19-7-10(14)16/h1-4,11,15H,5-7H2,(H2,14,16). The molecule has 0 aliphatic carbocycles. The van der Waals surface area contributed by atoms with E-state index < -0.39 is 26.4 Å². The number of rotatable bonds is 8. The predicted octanol–water partition coefficient (Wildman–Crippen LogP) is 0.597.